The average molecular weight is 235 g/mol. The Balaban J connectivity index is 2.46. The summed E-state index contributed by atoms with van der Waals surface area (Å²) in [6, 6.07) is 9.13. The summed E-state index contributed by atoms with van der Waals surface area (Å²) in [6.07, 6.45) is 0. The lowest BCUT2D eigenvalue weighted by Crippen LogP contribution is -1.86. The zero-order chi connectivity index (χ0) is 11.7. The molecule has 0 N–H and O–H groups in total. The average Bonchev–Trinajstić information content (AvgIpc) is 2.66. The van der Waals surface area contributed by atoms with E-state index >= 15 is 0 Å². The summed E-state index contributed by atoms with van der Waals surface area (Å²) in [5.41, 5.74) is 1.90. The number of hydrogen-bond acceptors (Lipinski definition) is 2. The zero-order valence-corrected chi connectivity index (χ0v) is 9.84. The molecule has 0 atom stereocenters. The summed E-state index contributed by atoms with van der Waals surface area (Å²) in [4.78, 5) is 11.1. The lowest BCUT2D eigenvalue weighted by molar-refractivity contribution is 0.0988. The first-order valence-electron chi connectivity index (χ1n) is 4.95. The van der Waals surface area contributed by atoms with Crippen molar-refractivity contribution in [2.45, 2.75) is 13.8 Å². The summed E-state index contributed by atoms with van der Waals surface area (Å²) >= 11 is 6.11. The van der Waals surface area contributed by atoms with Crippen molar-refractivity contribution >= 4 is 17.4 Å². The van der Waals surface area contributed by atoms with Crippen molar-refractivity contribution in [1.82, 2.24) is 0 Å². The van der Waals surface area contributed by atoms with Crippen LogP contribution in [0.1, 0.15) is 23.0 Å². The minimum Gasteiger partial charge on any atom is -0.453 e. The van der Waals surface area contributed by atoms with Gasteiger partial charge in [0.25, 0.3) is 0 Å². The molecule has 0 fully saturated rings. The number of rotatable bonds is 2. The largest absolute Gasteiger partial charge is 0.453 e. The summed E-state index contributed by atoms with van der Waals surface area (Å²) < 4.78 is 5.42. The Labute approximate surface area is 98.8 Å². The van der Waals surface area contributed by atoms with E-state index in [1.807, 2.05) is 25.1 Å². The molecular weight excluding hydrogens is 224 g/mol. The number of benzene rings is 1. The van der Waals surface area contributed by atoms with Crippen molar-refractivity contribution in [3.05, 3.63) is 46.7 Å². The fourth-order valence-corrected chi connectivity index (χ4v) is 1.82. The van der Waals surface area contributed by atoms with Crippen LogP contribution in [0, 0.1) is 6.92 Å². The van der Waals surface area contributed by atoms with Crippen LogP contribution in [0.25, 0.3) is 11.3 Å². The third-order valence-corrected chi connectivity index (χ3v) is 2.66. The molecule has 3 heteroatoms. The number of Topliss-reactive ketones (excluding diaryl/α,β-unsaturated/α-hetero) is 1. The number of furan rings is 1. The van der Waals surface area contributed by atoms with Crippen LogP contribution in [-0.4, -0.2) is 5.78 Å². The normalized spacial score (nSPS) is 10.4. The molecule has 1 aromatic carbocycles. The topological polar surface area (TPSA) is 30.2 Å². The molecule has 2 aromatic rings. The van der Waals surface area contributed by atoms with Crippen LogP contribution in [0.2, 0.25) is 5.02 Å². The number of carbonyl (C=O) groups is 1. The number of ketones is 1. The van der Waals surface area contributed by atoms with E-state index in [0.717, 1.165) is 11.1 Å². The first kappa shape index (κ1) is 11.0. The molecule has 0 spiro atoms. The first-order valence-corrected chi connectivity index (χ1v) is 5.33. The molecule has 0 saturated heterocycles. The van der Waals surface area contributed by atoms with Gasteiger partial charge in [0.15, 0.2) is 11.5 Å². The van der Waals surface area contributed by atoms with Gasteiger partial charge >= 0.3 is 0 Å². The number of hydrogen-bond donors (Lipinski definition) is 0. The number of carbonyl (C=O) groups excluding carboxylic acids is 1. The van der Waals surface area contributed by atoms with E-state index in [0.29, 0.717) is 16.5 Å². The Morgan fingerprint density at radius 3 is 2.56 bits per heavy atom. The standard InChI is InChI=1S/C13H11ClO2/c1-8-3-4-10(11(14)7-8)13-6-5-12(16-13)9(2)15/h3-7H,1-2H3. The molecule has 0 unspecified atom stereocenters. The fraction of sp³-hybridized carbons (Fsp3) is 0.154. The maximum Gasteiger partial charge on any atom is 0.194 e. The lowest BCUT2D eigenvalue weighted by Gasteiger charge is -2.01. The molecule has 1 heterocycles. The lowest BCUT2D eigenvalue weighted by atomic mass is 10.1. The van der Waals surface area contributed by atoms with Crippen molar-refractivity contribution in [1.29, 1.82) is 0 Å². The highest BCUT2D eigenvalue weighted by molar-refractivity contribution is 6.33. The van der Waals surface area contributed by atoms with Crippen LogP contribution in [0.5, 0.6) is 0 Å². The predicted octanol–water partition coefficient (Wildman–Crippen LogP) is 4.11. The predicted molar refractivity (Wildman–Crippen MR) is 63.9 cm³/mol. The van der Waals surface area contributed by atoms with E-state index in [2.05, 4.69) is 0 Å². The highest BCUT2D eigenvalue weighted by Crippen LogP contribution is 2.30. The smallest absolute Gasteiger partial charge is 0.194 e. The van der Waals surface area contributed by atoms with Crippen molar-refractivity contribution in [3.63, 3.8) is 0 Å². The van der Waals surface area contributed by atoms with Gasteiger partial charge in [-0.2, -0.15) is 0 Å². The summed E-state index contributed by atoms with van der Waals surface area (Å²) in [5, 5.41) is 0.629. The molecule has 82 valence electrons. The second-order valence-corrected chi connectivity index (χ2v) is 4.11. The Kier molecular flexibility index (Phi) is 2.84. The van der Waals surface area contributed by atoms with Gasteiger partial charge in [0.2, 0.25) is 0 Å². The SMILES string of the molecule is CC(=O)c1ccc(-c2ccc(C)cc2Cl)o1. The Hall–Kier alpha value is -1.54. The molecule has 0 radical (unpaired) electrons. The van der Waals surface area contributed by atoms with Crippen LogP contribution in [0.3, 0.4) is 0 Å². The molecule has 16 heavy (non-hydrogen) atoms. The van der Waals surface area contributed by atoms with Crippen molar-refractivity contribution in [2.24, 2.45) is 0 Å². The van der Waals surface area contributed by atoms with E-state index in [1.54, 1.807) is 12.1 Å². The van der Waals surface area contributed by atoms with E-state index < -0.39 is 0 Å². The monoisotopic (exact) mass is 234 g/mol. The van der Waals surface area contributed by atoms with Crippen LogP contribution < -0.4 is 0 Å². The van der Waals surface area contributed by atoms with Crippen LogP contribution in [0.4, 0.5) is 0 Å². The van der Waals surface area contributed by atoms with Crippen molar-refractivity contribution in [2.75, 3.05) is 0 Å². The molecule has 0 saturated carbocycles. The second-order valence-electron chi connectivity index (χ2n) is 3.70. The molecule has 0 aliphatic rings. The van der Waals surface area contributed by atoms with Gasteiger partial charge in [-0.3, -0.25) is 4.79 Å². The van der Waals surface area contributed by atoms with Crippen LogP contribution in [-0.2, 0) is 0 Å². The van der Waals surface area contributed by atoms with Crippen molar-refractivity contribution < 1.29 is 9.21 Å². The second kappa shape index (κ2) is 4.14. The van der Waals surface area contributed by atoms with E-state index in [1.165, 1.54) is 6.92 Å². The fourth-order valence-electron chi connectivity index (χ4n) is 1.49. The third-order valence-electron chi connectivity index (χ3n) is 2.34. The van der Waals surface area contributed by atoms with Gasteiger partial charge in [-0.1, -0.05) is 17.7 Å². The molecule has 0 amide bonds. The van der Waals surface area contributed by atoms with E-state index in [9.17, 15) is 4.79 Å². The van der Waals surface area contributed by atoms with E-state index in [-0.39, 0.29) is 5.78 Å². The highest BCUT2D eigenvalue weighted by atomic mass is 35.5. The maximum absolute atomic E-state index is 11.1. The highest BCUT2D eigenvalue weighted by Gasteiger charge is 2.10. The van der Waals surface area contributed by atoms with Gasteiger partial charge in [0.05, 0.1) is 5.02 Å². The molecule has 0 aliphatic carbocycles. The zero-order valence-electron chi connectivity index (χ0n) is 9.08. The van der Waals surface area contributed by atoms with Gasteiger partial charge < -0.3 is 4.42 Å². The molecular formula is C13H11ClO2. The van der Waals surface area contributed by atoms with Gasteiger partial charge in [-0.15, -0.1) is 0 Å². The van der Waals surface area contributed by atoms with Gasteiger partial charge in [0.1, 0.15) is 5.76 Å². The van der Waals surface area contributed by atoms with Gasteiger partial charge in [-0.25, -0.2) is 0 Å². The minimum atomic E-state index is -0.0884. The minimum absolute atomic E-state index is 0.0884. The Bertz CT molecular complexity index is 541. The first-order chi connectivity index (χ1) is 7.58. The van der Waals surface area contributed by atoms with Crippen LogP contribution in [0.15, 0.2) is 34.7 Å². The molecule has 0 aliphatic heterocycles. The Morgan fingerprint density at radius 2 is 2.00 bits per heavy atom. The third kappa shape index (κ3) is 2.02. The molecule has 2 nitrogen and oxygen atoms in total. The summed E-state index contributed by atoms with van der Waals surface area (Å²) in [5.74, 6) is 0.885. The summed E-state index contributed by atoms with van der Waals surface area (Å²) in [6.45, 7) is 3.44. The van der Waals surface area contributed by atoms with Crippen LogP contribution >= 0.6 is 11.6 Å². The quantitative estimate of drug-likeness (QED) is 0.732. The van der Waals surface area contributed by atoms with Gasteiger partial charge in [0, 0.05) is 12.5 Å². The van der Waals surface area contributed by atoms with E-state index in [4.69, 9.17) is 16.0 Å². The number of halogens is 1. The van der Waals surface area contributed by atoms with Crippen molar-refractivity contribution in [3.8, 4) is 11.3 Å². The van der Waals surface area contributed by atoms with Gasteiger partial charge in [-0.05, 0) is 36.8 Å². The Morgan fingerprint density at radius 1 is 1.25 bits per heavy atom. The number of aryl methyl sites for hydroxylation is 1. The maximum atomic E-state index is 11.1. The summed E-state index contributed by atoms with van der Waals surface area (Å²) in [7, 11) is 0. The molecule has 0 bridgehead atoms. The molecule has 1 aromatic heterocycles. The molecule has 2 rings (SSSR count).